The molecule has 0 aliphatic rings. The normalized spacial score (nSPS) is 11.4. The Morgan fingerprint density at radius 2 is 2.27 bits per heavy atom. The molecular weight excluding hydrogens is 158 g/mol. The monoisotopic (exact) mass is 175 g/mol. The predicted octanol–water partition coefficient (Wildman–Crippen LogP) is 1.23. The van der Waals surface area contributed by atoms with E-state index >= 15 is 0 Å². The molecule has 0 unspecified atom stereocenters. The zero-order valence-electron chi connectivity index (χ0n) is 7.48. The maximum atomic E-state index is 4.02. The van der Waals surface area contributed by atoms with Crippen LogP contribution in [0.2, 0.25) is 0 Å². The van der Waals surface area contributed by atoms with Crippen molar-refractivity contribution in [3.63, 3.8) is 0 Å². The van der Waals surface area contributed by atoms with Gasteiger partial charge in [-0.05, 0) is 6.42 Å². The van der Waals surface area contributed by atoms with Crippen LogP contribution < -0.4 is 10.0 Å². The van der Waals surface area contributed by atoms with Gasteiger partial charge in [0.15, 0.2) is 0 Å². The topological polar surface area (TPSA) is 36.4 Å². The fourth-order valence-electron chi connectivity index (χ4n) is 0.641. The van der Waals surface area contributed by atoms with Gasteiger partial charge in [-0.2, -0.15) is 0 Å². The maximum absolute atomic E-state index is 4.02. The van der Waals surface area contributed by atoms with Crippen molar-refractivity contribution in [3.05, 3.63) is 0 Å². The van der Waals surface area contributed by atoms with Crippen LogP contribution in [0, 0.1) is 0 Å². The summed E-state index contributed by atoms with van der Waals surface area (Å²) in [5.74, 6) is 0.867. The standard InChI is InChI=1S/C7H17N3S/c1-4-5-6-9-7(8-2)10-11-3/h4-6H2,1-3H3,(H2,8,9,10). The second-order valence-corrected chi connectivity index (χ2v) is 2.77. The molecule has 0 aromatic carbocycles. The summed E-state index contributed by atoms with van der Waals surface area (Å²) in [4.78, 5) is 4.02. The van der Waals surface area contributed by atoms with Crippen molar-refractivity contribution in [2.24, 2.45) is 4.99 Å². The summed E-state index contributed by atoms with van der Waals surface area (Å²) in [6, 6.07) is 0. The number of unbranched alkanes of at least 4 members (excludes halogenated alkanes) is 1. The van der Waals surface area contributed by atoms with E-state index in [-0.39, 0.29) is 0 Å². The number of hydrogen-bond donors (Lipinski definition) is 2. The van der Waals surface area contributed by atoms with Crippen LogP contribution in [-0.2, 0) is 0 Å². The molecule has 0 rings (SSSR count). The highest BCUT2D eigenvalue weighted by molar-refractivity contribution is 7.97. The number of guanidine groups is 1. The van der Waals surface area contributed by atoms with E-state index < -0.39 is 0 Å². The Hall–Kier alpha value is -0.380. The summed E-state index contributed by atoms with van der Waals surface area (Å²) in [5.41, 5.74) is 0. The van der Waals surface area contributed by atoms with Crippen LogP contribution in [0.5, 0.6) is 0 Å². The molecule has 0 saturated heterocycles. The third-order valence-corrected chi connectivity index (χ3v) is 1.64. The largest absolute Gasteiger partial charge is 0.356 e. The first-order valence-corrected chi connectivity index (χ1v) is 5.07. The van der Waals surface area contributed by atoms with E-state index in [1.165, 1.54) is 12.8 Å². The van der Waals surface area contributed by atoms with Gasteiger partial charge in [0.25, 0.3) is 0 Å². The minimum atomic E-state index is 0.867. The van der Waals surface area contributed by atoms with Gasteiger partial charge >= 0.3 is 0 Å². The molecule has 0 aliphatic carbocycles. The van der Waals surface area contributed by atoms with Crippen molar-refractivity contribution >= 4 is 17.9 Å². The molecule has 0 atom stereocenters. The van der Waals surface area contributed by atoms with E-state index in [0.717, 1.165) is 12.5 Å². The summed E-state index contributed by atoms with van der Waals surface area (Å²) in [6.07, 6.45) is 4.38. The number of hydrogen-bond acceptors (Lipinski definition) is 2. The molecule has 0 heterocycles. The molecule has 0 aliphatic heterocycles. The van der Waals surface area contributed by atoms with Crippen LogP contribution in [0.1, 0.15) is 19.8 Å². The van der Waals surface area contributed by atoms with Crippen LogP contribution in [0.4, 0.5) is 0 Å². The lowest BCUT2D eigenvalue weighted by Gasteiger charge is -2.07. The van der Waals surface area contributed by atoms with Gasteiger partial charge in [0, 0.05) is 19.8 Å². The Morgan fingerprint density at radius 1 is 1.55 bits per heavy atom. The minimum Gasteiger partial charge on any atom is -0.356 e. The average Bonchev–Trinajstić information content (AvgIpc) is 2.03. The van der Waals surface area contributed by atoms with E-state index in [1.807, 2.05) is 6.26 Å². The van der Waals surface area contributed by atoms with Gasteiger partial charge in [-0.15, -0.1) is 0 Å². The first-order chi connectivity index (χ1) is 5.35. The van der Waals surface area contributed by atoms with Crippen LogP contribution in [0.3, 0.4) is 0 Å². The lowest BCUT2D eigenvalue weighted by Crippen LogP contribution is -2.33. The SMILES string of the molecule is CCCCNC(=NC)NSC. The quantitative estimate of drug-likeness (QED) is 0.292. The molecule has 0 amide bonds. The zero-order valence-corrected chi connectivity index (χ0v) is 8.29. The first-order valence-electron chi connectivity index (χ1n) is 3.84. The smallest absolute Gasteiger partial charge is 0.201 e. The summed E-state index contributed by atoms with van der Waals surface area (Å²) >= 11 is 1.55. The van der Waals surface area contributed by atoms with E-state index in [4.69, 9.17) is 0 Å². The van der Waals surface area contributed by atoms with Gasteiger partial charge in [0.2, 0.25) is 5.96 Å². The third-order valence-electron chi connectivity index (χ3n) is 1.25. The van der Waals surface area contributed by atoms with E-state index in [1.54, 1.807) is 19.0 Å². The molecule has 0 bridgehead atoms. The van der Waals surface area contributed by atoms with Crippen molar-refractivity contribution in [1.82, 2.24) is 10.0 Å². The van der Waals surface area contributed by atoms with Gasteiger partial charge in [0.1, 0.15) is 0 Å². The number of rotatable bonds is 4. The van der Waals surface area contributed by atoms with Gasteiger partial charge in [-0.3, -0.25) is 4.99 Å². The van der Waals surface area contributed by atoms with Gasteiger partial charge in [-0.1, -0.05) is 25.3 Å². The molecule has 0 saturated carbocycles. The molecule has 3 nitrogen and oxygen atoms in total. The molecule has 0 spiro atoms. The van der Waals surface area contributed by atoms with Crippen molar-refractivity contribution in [3.8, 4) is 0 Å². The maximum Gasteiger partial charge on any atom is 0.201 e. The van der Waals surface area contributed by atoms with Crippen molar-refractivity contribution in [2.45, 2.75) is 19.8 Å². The lowest BCUT2D eigenvalue weighted by molar-refractivity contribution is 0.748. The van der Waals surface area contributed by atoms with Gasteiger partial charge in [0.05, 0.1) is 0 Å². The zero-order chi connectivity index (χ0) is 8.53. The Kier molecular flexibility index (Phi) is 7.46. The molecule has 4 heteroatoms. The van der Waals surface area contributed by atoms with Crippen molar-refractivity contribution in [1.29, 1.82) is 0 Å². The highest BCUT2D eigenvalue weighted by Gasteiger charge is 1.91. The molecule has 2 N–H and O–H groups in total. The molecular formula is C7H17N3S. The van der Waals surface area contributed by atoms with Crippen LogP contribution in [0.15, 0.2) is 4.99 Å². The Labute approximate surface area is 73.2 Å². The minimum absolute atomic E-state index is 0.867. The van der Waals surface area contributed by atoms with Crippen LogP contribution in [0.25, 0.3) is 0 Å². The first kappa shape index (κ1) is 10.6. The molecule has 0 radical (unpaired) electrons. The van der Waals surface area contributed by atoms with Gasteiger partial charge in [-0.25, -0.2) is 0 Å². The number of nitrogens with one attached hydrogen (secondary N) is 2. The summed E-state index contributed by atoms with van der Waals surface area (Å²) in [6.45, 7) is 3.17. The lowest BCUT2D eigenvalue weighted by atomic mass is 10.3. The fourth-order valence-corrected chi connectivity index (χ4v) is 0.998. The Balaban J connectivity index is 3.37. The van der Waals surface area contributed by atoms with E-state index in [0.29, 0.717) is 0 Å². The third kappa shape index (κ3) is 6.04. The number of aliphatic imine (C=N–C) groups is 1. The second kappa shape index (κ2) is 7.72. The highest BCUT2D eigenvalue weighted by atomic mass is 32.2. The molecule has 0 aromatic heterocycles. The van der Waals surface area contributed by atoms with Crippen molar-refractivity contribution in [2.75, 3.05) is 19.8 Å². The molecule has 11 heavy (non-hydrogen) atoms. The second-order valence-electron chi connectivity index (χ2n) is 2.16. The van der Waals surface area contributed by atoms with Crippen LogP contribution in [-0.4, -0.2) is 25.8 Å². The number of nitrogens with zero attached hydrogens (tertiary/aromatic N) is 1. The fraction of sp³-hybridized carbons (Fsp3) is 0.857. The van der Waals surface area contributed by atoms with E-state index in [2.05, 4.69) is 22.0 Å². The highest BCUT2D eigenvalue weighted by Crippen LogP contribution is 1.85. The van der Waals surface area contributed by atoms with Crippen LogP contribution >= 0.6 is 11.9 Å². The Morgan fingerprint density at radius 3 is 2.73 bits per heavy atom. The molecule has 0 aromatic rings. The average molecular weight is 175 g/mol. The predicted molar refractivity (Wildman–Crippen MR) is 52.9 cm³/mol. The summed E-state index contributed by atoms with van der Waals surface area (Å²) in [5, 5.41) is 3.19. The Bertz CT molecular complexity index is 114. The van der Waals surface area contributed by atoms with Gasteiger partial charge < -0.3 is 10.0 Å². The summed E-state index contributed by atoms with van der Waals surface area (Å²) < 4.78 is 3.05. The van der Waals surface area contributed by atoms with Crippen molar-refractivity contribution < 1.29 is 0 Å². The molecule has 66 valence electrons. The van der Waals surface area contributed by atoms with E-state index in [9.17, 15) is 0 Å². The molecule has 0 fully saturated rings. The summed E-state index contributed by atoms with van der Waals surface area (Å²) in [7, 11) is 1.78.